The molecule has 0 saturated heterocycles. The van der Waals surface area contributed by atoms with Gasteiger partial charge in [0.05, 0.1) is 10.6 Å². The normalized spacial score (nSPS) is 21.5. The average Bonchev–Trinajstić information content (AvgIpc) is 3.02. The number of hydrogen-bond acceptors (Lipinski definition) is 4. The summed E-state index contributed by atoms with van der Waals surface area (Å²) in [6.07, 6.45) is 3.74. The summed E-state index contributed by atoms with van der Waals surface area (Å²) >= 11 is 11.2. The van der Waals surface area contributed by atoms with E-state index < -0.39 is 6.17 Å². The third-order valence-corrected chi connectivity index (χ3v) is 8.36. The number of nitrogens with one attached hydrogen (secondary N) is 2. The molecular weight excluding hydrogens is 460 g/mol. The van der Waals surface area contributed by atoms with E-state index in [1.165, 1.54) is 10.4 Å². The van der Waals surface area contributed by atoms with Crippen molar-refractivity contribution in [1.82, 2.24) is 5.32 Å². The largest absolute Gasteiger partial charge is 0.506 e. The number of amides is 1. The molecule has 1 amide bonds. The van der Waals surface area contributed by atoms with E-state index in [2.05, 4.69) is 47.3 Å². The summed E-state index contributed by atoms with van der Waals surface area (Å²) < 4.78 is 0.752. The molecule has 150 valence electrons. The van der Waals surface area contributed by atoms with E-state index in [1.54, 1.807) is 23.5 Å². The van der Waals surface area contributed by atoms with Gasteiger partial charge in [-0.25, -0.2) is 0 Å². The Morgan fingerprint density at radius 3 is 2.82 bits per heavy atom. The Morgan fingerprint density at radius 1 is 1.36 bits per heavy atom. The lowest BCUT2D eigenvalue weighted by molar-refractivity contribution is 0.0934. The Balaban J connectivity index is 1.67. The molecule has 2 heterocycles. The summed E-state index contributed by atoms with van der Waals surface area (Å²) in [5, 5.41) is 17.9. The third kappa shape index (κ3) is 3.33. The monoisotopic (exact) mass is 482 g/mol. The van der Waals surface area contributed by atoms with Crippen LogP contribution >= 0.6 is 38.9 Å². The fourth-order valence-electron chi connectivity index (χ4n) is 4.22. The molecule has 2 atom stereocenters. The first kappa shape index (κ1) is 20.0. The van der Waals surface area contributed by atoms with Crippen molar-refractivity contribution in [2.24, 2.45) is 11.3 Å². The van der Waals surface area contributed by atoms with Crippen LogP contribution < -0.4 is 10.6 Å². The van der Waals surface area contributed by atoms with Gasteiger partial charge in [-0.2, -0.15) is 0 Å². The van der Waals surface area contributed by atoms with Crippen molar-refractivity contribution in [3.8, 4) is 5.75 Å². The molecule has 3 N–H and O–H groups in total. The van der Waals surface area contributed by atoms with E-state index in [-0.39, 0.29) is 16.7 Å². The summed E-state index contributed by atoms with van der Waals surface area (Å²) in [6.45, 7) is 6.94. The van der Waals surface area contributed by atoms with E-state index in [1.807, 2.05) is 0 Å². The van der Waals surface area contributed by atoms with E-state index in [9.17, 15) is 9.90 Å². The highest BCUT2D eigenvalue weighted by atomic mass is 79.9. The van der Waals surface area contributed by atoms with Gasteiger partial charge in [-0.05, 0) is 48.3 Å². The molecule has 0 spiro atoms. The highest BCUT2D eigenvalue weighted by Crippen LogP contribution is 2.47. The molecule has 4 rings (SSSR count). The lowest BCUT2D eigenvalue weighted by atomic mass is 9.69. The van der Waals surface area contributed by atoms with Crippen LogP contribution in [-0.2, 0) is 12.8 Å². The minimum absolute atomic E-state index is 0.0165. The zero-order valence-corrected chi connectivity index (χ0v) is 19.3. The second-order valence-electron chi connectivity index (χ2n) is 8.37. The van der Waals surface area contributed by atoms with Crippen LogP contribution in [0.15, 0.2) is 16.6 Å². The topological polar surface area (TPSA) is 61.4 Å². The molecule has 4 nitrogen and oxygen atoms in total. The van der Waals surface area contributed by atoms with Gasteiger partial charge in [0.25, 0.3) is 5.91 Å². The van der Waals surface area contributed by atoms with Crippen molar-refractivity contribution in [2.45, 2.75) is 52.6 Å². The number of aromatic hydroxyl groups is 1. The molecule has 7 heteroatoms. The van der Waals surface area contributed by atoms with Crippen molar-refractivity contribution in [1.29, 1.82) is 0 Å². The second-order valence-corrected chi connectivity index (χ2v) is 10.8. The van der Waals surface area contributed by atoms with Gasteiger partial charge >= 0.3 is 0 Å². The van der Waals surface area contributed by atoms with Crippen molar-refractivity contribution >= 4 is 49.8 Å². The molecule has 2 aromatic rings. The van der Waals surface area contributed by atoms with Crippen LogP contribution in [-0.4, -0.2) is 11.0 Å². The Morgan fingerprint density at radius 2 is 2.11 bits per heavy atom. The lowest BCUT2D eigenvalue weighted by Crippen LogP contribution is -2.38. The number of carbonyl (C=O) groups is 1. The molecule has 1 aromatic carbocycles. The number of rotatable bonds is 3. The van der Waals surface area contributed by atoms with Crippen molar-refractivity contribution in [3.63, 3.8) is 0 Å². The maximum Gasteiger partial charge on any atom is 0.256 e. The van der Waals surface area contributed by atoms with Crippen LogP contribution in [0.25, 0.3) is 0 Å². The van der Waals surface area contributed by atoms with Crippen molar-refractivity contribution in [3.05, 3.63) is 43.2 Å². The maximum absolute atomic E-state index is 12.9. The number of hydrogen-bond donors (Lipinski definition) is 3. The number of phenols is 1. The van der Waals surface area contributed by atoms with Gasteiger partial charge in [-0.15, -0.1) is 11.3 Å². The summed E-state index contributed by atoms with van der Waals surface area (Å²) in [6, 6.07) is 3.41. The predicted molar refractivity (Wildman–Crippen MR) is 119 cm³/mol. The molecule has 1 aliphatic carbocycles. The van der Waals surface area contributed by atoms with Gasteiger partial charge in [0.2, 0.25) is 0 Å². The predicted octanol–water partition coefficient (Wildman–Crippen LogP) is 6.26. The van der Waals surface area contributed by atoms with E-state index in [0.29, 0.717) is 16.9 Å². The molecule has 1 aromatic heterocycles. The van der Waals surface area contributed by atoms with Gasteiger partial charge in [-0.1, -0.05) is 54.7 Å². The SMILES string of the molecule is CCC(C)(C)[C@@H]1CCc2c(sc3c2C(=O)N[C@@H](c2cc(Br)cc(Cl)c2O)N3)C1. The molecular formula is C21H24BrClN2O2S. The van der Waals surface area contributed by atoms with Gasteiger partial charge in [0.1, 0.15) is 16.9 Å². The zero-order valence-electron chi connectivity index (χ0n) is 16.2. The molecule has 28 heavy (non-hydrogen) atoms. The first-order valence-corrected chi connectivity index (χ1v) is 11.6. The summed E-state index contributed by atoms with van der Waals surface area (Å²) in [5.74, 6) is 0.536. The van der Waals surface area contributed by atoms with E-state index in [0.717, 1.165) is 40.7 Å². The third-order valence-electron chi connectivity index (χ3n) is 6.43. The molecule has 2 aliphatic rings. The fourth-order valence-corrected chi connectivity index (χ4v) is 6.40. The van der Waals surface area contributed by atoms with E-state index >= 15 is 0 Å². The lowest BCUT2D eigenvalue weighted by Gasteiger charge is -2.36. The van der Waals surface area contributed by atoms with Crippen LogP contribution in [0, 0.1) is 11.3 Å². The first-order valence-electron chi connectivity index (χ1n) is 9.61. The van der Waals surface area contributed by atoms with Gasteiger partial charge in [0.15, 0.2) is 0 Å². The number of carbonyl (C=O) groups excluding carboxylic acids is 1. The van der Waals surface area contributed by atoms with Crippen LogP contribution in [0.5, 0.6) is 5.75 Å². The standard InChI is InChI=1S/C21H24BrClN2O2S/c1-4-21(2,3)10-5-6-12-15(7-10)28-20-16(12)19(27)24-18(25-20)13-8-11(22)9-14(23)17(13)26/h8-10,18,25-26H,4-7H2,1-3H3,(H,24,27)/t10-,18-/m1/s1. The number of benzene rings is 1. The van der Waals surface area contributed by atoms with Crippen LogP contribution in [0.1, 0.15) is 66.1 Å². The summed E-state index contributed by atoms with van der Waals surface area (Å²) in [7, 11) is 0. The number of phenolic OH excluding ortho intramolecular Hbond substituents is 1. The highest BCUT2D eigenvalue weighted by Gasteiger charge is 2.37. The van der Waals surface area contributed by atoms with Gasteiger partial charge in [0, 0.05) is 14.9 Å². The smallest absolute Gasteiger partial charge is 0.256 e. The Bertz CT molecular complexity index is 956. The minimum atomic E-state index is -0.516. The molecule has 1 aliphatic heterocycles. The Labute approximate surface area is 182 Å². The minimum Gasteiger partial charge on any atom is -0.506 e. The number of thiophene rings is 1. The van der Waals surface area contributed by atoms with Gasteiger partial charge < -0.3 is 15.7 Å². The van der Waals surface area contributed by atoms with Crippen LogP contribution in [0.4, 0.5) is 5.00 Å². The number of fused-ring (bicyclic) bond motifs is 3. The Kier molecular flexibility index (Phi) is 5.17. The highest BCUT2D eigenvalue weighted by molar-refractivity contribution is 9.10. The average molecular weight is 484 g/mol. The Hall–Kier alpha value is -1.24. The number of halogens is 2. The fraction of sp³-hybridized carbons (Fsp3) is 0.476. The quantitative estimate of drug-likeness (QED) is 0.482. The molecule has 0 saturated carbocycles. The summed E-state index contributed by atoms with van der Waals surface area (Å²) in [5.41, 5.74) is 2.83. The van der Waals surface area contributed by atoms with Crippen molar-refractivity contribution < 1.29 is 9.90 Å². The number of anilines is 1. The zero-order chi connectivity index (χ0) is 20.2. The van der Waals surface area contributed by atoms with E-state index in [4.69, 9.17) is 11.6 Å². The van der Waals surface area contributed by atoms with Crippen LogP contribution in [0.2, 0.25) is 5.02 Å². The van der Waals surface area contributed by atoms with Crippen LogP contribution in [0.3, 0.4) is 0 Å². The molecule has 0 bridgehead atoms. The molecule has 0 fully saturated rings. The molecule has 0 radical (unpaired) electrons. The van der Waals surface area contributed by atoms with Gasteiger partial charge in [-0.3, -0.25) is 4.79 Å². The first-order chi connectivity index (χ1) is 13.2. The second kappa shape index (κ2) is 7.22. The molecule has 0 unspecified atom stereocenters. The van der Waals surface area contributed by atoms with Crippen molar-refractivity contribution in [2.75, 3.05) is 5.32 Å². The summed E-state index contributed by atoms with van der Waals surface area (Å²) in [4.78, 5) is 14.3. The maximum atomic E-state index is 12.9.